The minimum atomic E-state index is -0.137. The Hall–Kier alpha value is -0.870. The van der Waals surface area contributed by atoms with Crippen molar-refractivity contribution >= 4 is 5.91 Å². The third-order valence-electron chi connectivity index (χ3n) is 2.59. The molecule has 0 aromatic rings. The van der Waals surface area contributed by atoms with Crippen molar-refractivity contribution in [1.29, 1.82) is 0 Å². The Labute approximate surface area is 84.3 Å². The van der Waals surface area contributed by atoms with Gasteiger partial charge in [0.05, 0.1) is 12.2 Å². The van der Waals surface area contributed by atoms with Crippen LogP contribution in [0.2, 0.25) is 0 Å². The molecule has 14 heavy (non-hydrogen) atoms. The number of nitrogens with one attached hydrogen (secondary N) is 1. The monoisotopic (exact) mass is 199 g/mol. The van der Waals surface area contributed by atoms with Crippen molar-refractivity contribution < 1.29 is 14.3 Å². The summed E-state index contributed by atoms with van der Waals surface area (Å²) in [7, 11) is 3.32. The Morgan fingerprint density at radius 2 is 1.86 bits per heavy atom. The zero-order valence-electron chi connectivity index (χ0n) is 8.66. The highest BCUT2D eigenvalue weighted by atomic mass is 16.5. The molecule has 0 saturated heterocycles. The molecule has 0 radical (unpaired) electrons. The summed E-state index contributed by atoms with van der Waals surface area (Å²) in [5, 5.41) is 2.84. The van der Waals surface area contributed by atoms with E-state index in [4.69, 9.17) is 9.47 Å². The Balaban J connectivity index is 2.44. The summed E-state index contributed by atoms with van der Waals surface area (Å²) >= 11 is 0. The van der Waals surface area contributed by atoms with Gasteiger partial charge in [-0.15, -0.1) is 0 Å². The Morgan fingerprint density at radius 1 is 1.36 bits per heavy atom. The van der Waals surface area contributed by atoms with Crippen molar-refractivity contribution in [2.45, 2.75) is 31.1 Å². The summed E-state index contributed by atoms with van der Waals surface area (Å²) in [5.41, 5.74) is 0. The first-order valence-electron chi connectivity index (χ1n) is 4.69. The van der Waals surface area contributed by atoms with Crippen LogP contribution in [0, 0.1) is 0 Å². The van der Waals surface area contributed by atoms with Gasteiger partial charge in [0.25, 0.3) is 0 Å². The van der Waals surface area contributed by atoms with E-state index in [2.05, 4.69) is 11.9 Å². The topological polar surface area (TPSA) is 47.6 Å². The Morgan fingerprint density at radius 3 is 2.21 bits per heavy atom. The van der Waals surface area contributed by atoms with Crippen LogP contribution in [-0.4, -0.2) is 38.4 Å². The van der Waals surface area contributed by atoms with Crippen LogP contribution < -0.4 is 5.32 Å². The molecule has 0 heterocycles. The lowest BCUT2D eigenvalue weighted by molar-refractivity contribution is -0.117. The number of carbonyl (C=O) groups is 1. The van der Waals surface area contributed by atoms with Gasteiger partial charge in [-0.2, -0.15) is 0 Å². The van der Waals surface area contributed by atoms with Crippen molar-refractivity contribution in [1.82, 2.24) is 5.32 Å². The van der Waals surface area contributed by atoms with E-state index in [-0.39, 0.29) is 24.2 Å². The van der Waals surface area contributed by atoms with E-state index in [1.807, 2.05) is 0 Å². The van der Waals surface area contributed by atoms with Crippen molar-refractivity contribution in [2.75, 3.05) is 14.2 Å². The molecule has 0 bridgehead atoms. The van der Waals surface area contributed by atoms with Crippen molar-refractivity contribution in [3.63, 3.8) is 0 Å². The summed E-state index contributed by atoms with van der Waals surface area (Å²) in [6.45, 7) is 3.41. The lowest BCUT2D eigenvalue weighted by atomic mass is 10.2. The largest absolute Gasteiger partial charge is 0.379 e. The van der Waals surface area contributed by atoms with E-state index in [9.17, 15) is 4.79 Å². The first-order chi connectivity index (χ1) is 6.71. The van der Waals surface area contributed by atoms with Crippen LogP contribution in [0.15, 0.2) is 12.7 Å². The number of methoxy groups -OCH3 is 2. The predicted molar refractivity (Wildman–Crippen MR) is 53.0 cm³/mol. The van der Waals surface area contributed by atoms with Crippen LogP contribution in [0.4, 0.5) is 0 Å². The zero-order valence-corrected chi connectivity index (χ0v) is 8.66. The quantitative estimate of drug-likeness (QED) is 0.670. The van der Waals surface area contributed by atoms with Crippen molar-refractivity contribution in [3.05, 3.63) is 12.7 Å². The maximum Gasteiger partial charge on any atom is 0.243 e. The van der Waals surface area contributed by atoms with Crippen LogP contribution in [0.5, 0.6) is 0 Å². The number of ether oxygens (including phenoxy) is 2. The fraction of sp³-hybridized carbons (Fsp3) is 0.700. The lowest BCUT2D eigenvalue weighted by Gasteiger charge is -2.14. The zero-order chi connectivity index (χ0) is 10.6. The molecule has 4 heteroatoms. The van der Waals surface area contributed by atoms with Crippen LogP contribution in [0.3, 0.4) is 0 Å². The maximum absolute atomic E-state index is 11.0. The highest BCUT2D eigenvalue weighted by molar-refractivity contribution is 5.87. The molecule has 80 valence electrons. The Kier molecular flexibility index (Phi) is 4.10. The smallest absolute Gasteiger partial charge is 0.243 e. The molecule has 0 aromatic heterocycles. The average molecular weight is 199 g/mol. The standard InChI is InChI=1S/C10H17NO3/c1-4-10(12)11-7-5-8(13-2)9(6-7)14-3/h4,7-9H,1,5-6H2,2-3H3,(H,11,12)/t8-,9-/m1/s1. The first kappa shape index (κ1) is 11.2. The van der Waals surface area contributed by atoms with Crippen LogP contribution in [-0.2, 0) is 14.3 Å². The van der Waals surface area contributed by atoms with Gasteiger partial charge in [-0.1, -0.05) is 6.58 Å². The third-order valence-corrected chi connectivity index (χ3v) is 2.59. The van der Waals surface area contributed by atoms with Crippen LogP contribution >= 0.6 is 0 Å². The molecule has 1 rings (SSSR count). The van der Waals surface area contributed by atoms with Gasteiger partial charge >= 0.3 is 0 Å². The Bertz CT molecular complexity index is 205. The molecule has 0 aliphatic heterocycles. The summed E-state index contributed by atoms with van der Waals surface area (Å²) in [5.74, 6) is -0.137. The van der Waals surface area contributed by atoms with Crippen molar-refractivity contribution in [3.8, 4) is 0 Å². The molecule has 0 spiro atoms. The van der Waals surface area contributed by atoms with Gasteiger partial charge in [0.1, 0.15) is 0 Å². The number of carbonyl (C=O) groups excluding carboxylic acids is 1. The van der Waals surface area contributed by atoms with E-state index >= 15 is 0 Å². The van der Waals surface area contributed by atoms with Gasteiger partial charge in [0.15, 0.2) is 0 Å². The molecule has 1 amide bonds. The molecule has 0 aromatic carbocycles. The number of hydrogen-bond donors (Lipinski definition) is 1. The van der Waals surface area contributed by atoms with Gasteiger partial charge in [0.2, 0.25) is 5.91 Å². The van der Waals surface area contributed by atoms with E-state index in [0.717, 1.165) is 12.8 Å². The van der Waals surface area contributed by atoms with E-state index in [0.29, 0.717) is 0 Å². The second-order valence-corrected chi connectivity index (χ2v) is 3.43. The number of rotatable bonds is 4. The van der Waals surface area contributed by atoms with E-state index in [1.54, 1.807) is 14.2 Å². The van der Waals surface area contributed by atoms with E-state index in [1.165, 1.54) is 6.08 Å². The third kappa shape index (κ3) is 2.56. The molecule has 1 N–H and O–H groups in total. The predicted octanol–water partition coefficient (Wildman–Crippen LogP) is 0.481. The first-order valence-corrected chi connectivity index (χ1v) is 4.69. The molecule has 2 atom stereocenters. The van der Waals surface area contributed by atoms with Gasteiger partial charge < -0.3 is 14.8 Å². The summed E-state index contributed by atoms with van der Waals surface area (Å²) < 4.78 is 10.5. The SMILES string of the molecule is C=CC(=O)NC1C[C@@H](OC)[C@H](OC)C1. The second-order valence-electron chi connectivity index (χ2n) is 3.43. The number of hydrogen-bond acceptors (Lipinski definition) is 3. The average Bonchev–Trinajstić information content (AvgIpc) is 2.59. The minimum absolute atomic E-state index is 0.0788. The van der Waals surface area contributed by atoms with Gasteiger partial charge in [0, 0.05) is 20.3 Å². The van der Waals surface area contributed by atoms with Gasteiger partial charge in [-0.25, -0.2) is 0 Å². The molecule has 1 fully saturated rings. The fourth-order valence-electron chi connectivity index (χ4n) is 1.83. The van der Waals surface area contributed by atoms with Gasteiger partial charge in [-0.3, -0.25) is 4.79 Å². The van der Waals surface area contributed by atoms with E-state index < -0.39 is 0 Å². The highest BCUT2D eigenvalue weighted by Gasteiger charge is 2.34. The normalized spacial score (nSPS) is 27.6. The molecular formula is C10H17NO3. The molecule has 1 aliphatic rings. The summed E-state index contributed by atoms with van der Waals surface area (Å²) in [6.07, 6.45) is 3.04. The maximum atomic E-state index is 11.0. The summed E-state index contributed by atoms with van der Waals surface area (Å²) in [6, 6.07) is 0.135. The molecule has 1 aliphatic carbocycles. The molecule has 0 unspecified atom stereocenters. The highest BCUT2D eigenvalue weighted by Crippen LogP contribution is 2.24. The molecular weight excluding hydrogens is 182 g/mol. The minimum Gasteiger partial charge on any atom is -0.379 e. The van der Waals surface area contributed by atoms with Crippen LogP contribution in [0.1, 0.15) is 12.8 Å². The number of amides is 1. The second kappa shape index (κ2) is 5.12. The van der Waals surface area contributed by atoms with Gasteiger partial charge in [-0.05, 0) is 18.9 Å². The molecule has 4 nitrogen and oxygen atoms in total. The van der Waals surface area contributed by atoms with Crippen molar-refractivity contribution in [2.24, 2.45) is 0 Å². The molecule has 1 saturated carbocycles. The summed E-state index contributed by atoms with van der Waals surface area (Å²) in [4.78, 5) is 11.0. The lowest BCUT2D eigenvalue weighted by Crippen LogP contribution is -2.31. The fourth-order valence-corrected chi connectivity index (χ4v) is 1.83. The van der Waals surface area contributed by atoms with Crippen LogP contribution in [0.25, 0.3) is 0 Å².